The molecule has 1 atom stereocenters. The van der Waals surface area contributed by atoms with E-state index in [1.54, 1.807) is 0 Å². The smallest absolute Gasteiger partial charge is 0.124 e. The van der Waals surface area contributed by atoms with E-state index in [-0.39, 0.29) is 6.10 Å². The fourth-order valence-corrected chi connectivity index (χ4v) is 3.09. The first kappa shape index (κ1) is 15.4. The van der Waals surface area contributed by atoms with Gasteiger partial charge in [0.05, 0.1) is 6.10 Å². The Balaban J connectivity index is 1.89. The first-order valence-corrected chi connectivity index (χ1v) is 8.14. The highest BCUT2D eigenvalue weighted by Crippen LogP contribution is 2.27. The molecule has 2 rings (SSSR count). The minimum absolute atomic E-state index is 0.229. The molecule has 1 fully saturated rings. The molecule has 0 aliphatic heterocycles. The Kier molecular flexibility index (Phi) is 5.90. The van der Waals surface area contributed by atoms with Crippen LogP contribution in [-0.2, 0) is 6.54 Å². The Morgan fingerprint density at radius 1 is 1.10 bits per heavy atom. The van der Waals surface area contributed by atoms with E-state index in [9.17, 15) is 0 Å². The van der Waals surface area contributed by atoms with Crippen molar-refractivity contribution >= 4 is 0 Å². The summed E-state index contributed by atoms with van der Waals surface area (Å²) in [6.45, 7) is 7.40. The third-order valence-electron chi connectivity index (χ3n) is 4.31. The van der Waals surface area contributed by atoms with Crippen molar-refractivity contribution in [1.82, 2.24) is 5.32 Å². The summed E-state index contributed by atoms with van der Waals surface area (Å²) in [6, 6.07) is 8.98. The molecule has 0 saturated heterocycles. The van der Waals surface area contributed by atoms with Gasteiger partial charge in [0.1, 0.15) is 5.75 Å². The van der Waals surface area contributed by atoms with E-state index in [1.807, 2.05) is 6.07 Å². The molecule has 1 aliphatic carbocycles. The molecule has 0 heterocycles. The highest BCUT2D eigenvalue weighted by molar-refractivity contribution is 5.33. The van der Waals surface area contributed by atoms with E-state index in [2.05, 4.69) is 44.3 Å². The van der Waals surface area contributed by atoms with Gasteiger partial charge in [-0.1, -0.05) is 37.5 Å². The highest BCUT2D eigenvalue weighted by Gasteiger charge is 2.19. The van der Waals surface area contributed by atoms with Gasteiger partial charge in [-0.25, -0.2) is 0 Å². The van der Waals surface area contributed by atoms with Crippen LogP contribution in [0.25, 0.3) is 0 Å². The van der Waals surface area contributed by atoms with Crippen molar-refractivity contribution < 1.29 is 4.74 Å². The van der Waals surface area contributed by atoms with Crippen LogP contribution in [0.1, 0.15) is 58.4 Å². The second-order valence-corrected chi connectivity index (χ2v) is 6.34. The van der Waals surface area contributed by atoms with E-state index in [1.165, 1.54) is 37.7 Å². The maximum absolute atomic E-state index is 5.88. The van der Waals surface area contributed by atoms with Gasteiger partial charge in [0.2, 0.25) is 0 Å². The molecule has 0 bridgehead atoms. The summed E-state index contributed by atoms with van der Waals surface area (Å²) in [4.78, 5) is 0. The molecule has 20 heavy (non-hydrogen) atoms. The summed E-state index contributed by atoms with van der Waals surface area (Å²) < 4.78 is 5.88. The fourth-order valence-electron chi connectivity index (χ4n) is 3.09. The Hall–Kier alpha value is -1.02. The standard InChI is InChI=1S/C18H29NO/c1-14(2)20-18-12-8-7-11-17(18)13-19-15(3)16-9-5-4-6-10-16/h7-8,11-12,14-16,19H,4-6,9-10,13H2,1-3H3/t15-/m1/s1. The van der Waals surface area contributed by atoms with E-state index in [0.717, 1.165) is 18.2 Å². The molecule has 2 heteroatoms. The Morgan fingerprint density at radius 2 is 1.80 bits per heavy atom. The predicted molar refractivity (Wildman–Crippen MR) is 85.1 cm³/mol. The number of hydrogen-bond acceptors (Lipinski definition) is 2. The lowest BCUT2D eigenvalue weighted by atomic mass is 9.84. The van der Waals surface area contributed by atoms with Crippen LogP contribution in [-0.4, -0.2) is 12.1 Å². The van der Waals surface area contributed by atoms with Crippen LogP contribution in [0.3, 0.4) is 0 Å². The fraction of sp³-hybridized carbons (Fsp3) is 0.667. The SMILES string of the molecule is CC(C)Oc1ccccc1CN[C@H](C)C1CCCCC1. The first-order chi connectivity index (χ1) is 9.66. The average Bonchev–Trinajstić information content (AvgIpc) is 2.46. The Morgan fingerprint density at radius 3 is 2.50 bits per heavy atom. The van der Waals surface area contributed by atoms with Gasteiger partial charge < -0.3 is 10.1 Å². The number of hydrogen-bond donors (Lipinski definition) is 1. The van der Waals surface area contributed by atoms with Crippen molar-refractivity contribution in [3.8, 4) is 5.75 Å². The molecule has 1 N–H and O–H groups in total. The van der Waals surface area contributed by atoms with Crippen LogP contribution in [0, 0.1) is 5.92 Å². The van der Waals surface area contributed by atoms with Gasteiger partial charge in [0, 0.05) is 18.2 Å². The largest absolute Gasteiger partial charge is 0.491 e. The quantitative estimate of drug-likeness (QED) is 0.823. The molecule has 1 saturated carbocycles. The molecule has 0 aromatic heterocycles. The molecule has 1 aromatic rings. The molecule has 0 spiro atoms. The summed E-state index contributed by atoms with van der Waals surface area (Å²) >= 11 is 0. The zero-order valence-electron chi connectivity index (χ0n) is 13.2. The van der Waals surface area contributed by atoms with Crippen molar-refractivity contribution in [3.05, 3.63) is 29.8 Å². The minimum atomic E-state index is 0.229. The summed E-state index contributed by atoms with van der Waals surface area (Å²) in [5, 5.41) is 3.70. The van der Waals surface area contributed by atoms with Gasteiger partial charge in [0.15, 0.2) is 0 Å². The predicted octanol–water partition coefficient (Wildman–Crippen LogP) is 4.53. The maximum Gasteiger partial charge on any atom is 0.124 e. The zero-order valence-corrected chi connectivity index (χ0v) is 13.2. The van der Waals surface area contributed by atoms with Gasteiger partial charge in [-0.15, -0.1) is 0 Å². The number of rotatable bonds is 6. The van der Waals surface area contributed by atoms with Crippen LogP contribution in [0.2, 0.25) is 0 Å². The number of benzene rings is 1. The van der Waals surface area contributed by atoms with Crippen molar-refractivity contribution in [3.63, 3.8) is 0 Å². The van der Waals surface area contributed by atoms with Crippen LogP contribution in [0.4, 0.5) is 0 Å². The summed E-state index contributed by atoms with van der Waals surface area (Å²) in [7, 11) is 0. The topological polar surface area (TPSA) is 21.3 Å². The number of nitrogens with one attached hydrogen (secondary N) is 1. The summed E-state index contributed by atoms with van der Waals surface area (Å²) in [5.41, 5.74) is 1.27. The third-order valence-corrected chi connectivity index (χ3v) is 4.31. The van der Waals surface area contributed by atoms with Gasteiger partial charge in [-0.05, 0) is 45.6 Å². The highest BCUT2D eigenvalue weighted by atomic mass is 16.5. The van der Waals surface area contributed by atoms with E-state index in [4.69, 9.17) is 4.74 Å². The molecule has 112 valence electrons. The minimum Gasteiger partial charge on any atom is -0.491 e. The van der Waals surface area contributed by atoms with Gasteiger partial charge >= 0.3 is 0 Å². The molecule has 0 amide bonds. The Bertz CT molecular complexity index is 396. The van der Waals surface area contributed by atoms with Gasteiger partial charge in [0.25, 0.3) is 0 Å². The monoisotopic (exact) mass is 275 g/mol. The van der Waals surface area contributed by atoms with Crippen molar-refractivity contribution in [2.24, 2.45) is 5.92 Å². The molecular formula is C18H29NO. The lowest BCUT2D eigenvalue weighted by Gasteiger charge is -2.28. The second-order valence-electron chi connectivity index (χ2n) is 6.34. The zero-order chi connectivity index (χ0) is 14.4. The normalized spacial score (nSPS) is 18.2. The van der Waals surface area contributed by atoms with Gasteiger partial charge in [-0.3, -0.25) is 0 Å². The van der Waals surface area contributed by atoms with Crippen molar-refractivity contribution in [2.45, 2.75) is 71.6 Å². The van der Waals surface area contributed by atoms with Crippen molar-refractivity contribution in [1.29, 1.82) is 0 Å². The van der Waals surface area contributed by atoms with Gasteiger partial charge in [-0.2, -0.15) is 0 Å². The van der Waals surface area contributed by atoms with E-state index >= 15 is 0 Å². The Labute approximate surface area is 123 Å². The van der Waals surface area contributed by atoms with Crippen LogP contribution >= 0.6 is 0 Å². The molecule has 0 unspecified atom stereocenters. The van der Waals surface area contributed by atoms with Crippen LogP contribution < -0.4 is 10.1 Å². The summed E-state index contributed by atoms with van der Waals surface area (Å²) in [6.07, 6.45) is 7.24. The molecule has 2 nitrogen and oxygen atoms in total. The first-order valence-electron chi connectivity index (χ1n) is 8.14. The van der Waals surface area contributed by atoms with Crippen LogP contribution in [0.5, 0.6) is 5.75 Å². The average molecular weight is 275 g/mol. The molecule has 1 aliphatic rings. The second kappa shape index (κ2) is 7.68. The lowest BCUT2D eigenvalue weighted by Crippen LogP contribution is -2.34. The number of ether oxygens (including phenoxy) is 1. The lowest BCUT2D eigenvalue weighted by molar-refractivity contribution is 0.237. The molecule has 1 aromatic carbocycles. The summed E-state index contributed by atoms with van der Waals surface area (Å²) in [5.74, 6) is 1.87. The molecule has 0 radical (unpaired) electrons. The van der Waals surface area contributed by atoms with E-state index < -0.39 is 0 Å². The van der Waals surface area contributed by atoms with E-state index in [0.29, 0.717) is 6.04 Å². The van der Waals surface area contributed by atoms with Crippen molar-refractivity contribution in [2.75, 3.05) is 0 Å². The maximum atomic E-state index is 5.88. The number of para-hydroxylation sites is 1. The third kappa shape index (κ3) is 4.52. The van der Waals surface area contributed by atoms with Crippen LogP contribution in [0.15, 0.2) is 24.3 Å². The molecular weight excluding hydrogens is 246 g/mol.